The van der Waals surface area contributed by atoms with Gasteiger partial charge in [0.15, 0.2) is 0 Å². The fraction of sp³-hybridized carbons (Fsp3) is 0.500. The highest BCUT2D eigenvalue weighted by molar-refractivity contribution is 9.10. The van der Waals surface area contributed by atoms with E-state index in [1.807, 2.05) is 0 Å². The number of epoxide rings is 1. The lowest BCUT2D eigenvalue weighted by Gasteiger charge is -2.33. The first-order chi connectivity index (χ1) is 8.10. The van der Waals surface area contributed by atoms with E-state index >= 15 is 0 Å². The van der Waals surface area contributed by atoms with Crippen LogP contribution in [0.4, 0.5) is 10.1 Å². The van der Waals surface area contributed by atoms with Crippen molar-refractivity contribution in [2.24, 2.45) is 0 Å². The van der Waals surface area contributed by atoms with Crippen LogP contribution in [0.15, 0.2) is 16.6 Å². The Morgan fingerprint density at radius 2 is 2.00 bits per heavy atom. The first kappa shape index (κ1) is 11.8. The van der Waals surface area contributed by atoms with E-state index in [2.05, 4.69) is 20.8 Å². The Morgan fingerprint density at radius 3 is 2.53 bits per heavy atom. The number of hydrogen-bond donors (Lipinski definition) is 0. The minimum Gasteiger partial charge on any atom is -0.369 e. The number of rotatable bonds is 1. The predicted molar refractivity (Wildman–Crippen MR) is 69.2 cm³/mol. The molecule has 2 heterocycles. The van der Waals surface area contributed by atoms with Crippen LogP contribution in [-0.4, -0.2) is 25.3 Å². The summed E-state index contributed by atoms with van der Waals surface area (Å²) in [4.78, 5) is 2.06. The Morgan fingerprint density at radius 1 is 1.35 bits per heavy atom. The molecular weight excluding hydrogens is 308 g/mol. The molecule has 0 radical (unpaired) electrons. The molecule has 0 aromatic heterocycles. The fourth-order valence-corrected chi connectivity index (χ4v) is 3.39. The maximum absolute atomic E-state index is 13.9. The van der Waals surface area contributed by atoms with Crippen LogP contribution in [0.2, 0.25) is 5.02 Å². The van der Waals surface area contributed by atoms with E-state index < -0.39 is 0 Å². The van der Waals surface area contributed by atoms with Crippen LogP contribution in [0.5, 0.6) is 0 Å². The minimum atomic E-state index is -0.267. The van der Waals surface area contributed by atoms with E-state index in [1.54, 1.807) is 6.07 Å². The normalized spacial score (nSPS) is 21.9. The smallest absolute Gasteiger partial charge is 0.149 e. The van der Waals surface area contributed by atoms with Gasteiger partial charge in [0.1, 0.15) is 5.82 Å². The van der Waals surface area contributed by atoms with Crippen molar-refractivity contribution in [1.29, 1.82) is 0 Å². The topological polar surface area (TPSA) is 15.8 Å². The van der Waals surface area contributed by atoms with E-state index in [0.717, 1.165) is 37.0 Å². The highest BCUT2D eigenvalue weighted by atomic mass is 79.9. The van der Waals surface area contributed by atoms with Crippen LogP contribution < -0.4 is 4.90 Å². The molecule has 0 unspecified atom stereocenters. The van der Waals surface area contributed by atoms with Crippen LogP contribution in [-0.2, 0) is 4.74 Å². The molecule has 2 fully saturated rings. The van der Waals surface area contributed by atoms with Crippen LogP contribution in [0.1, 0.15) is 12.8 Å². The Balaban J connectivity index is 1.84. The maximum Gasteiger partial charge on any atom is 0.149 e. The number of anilines is 1. The monoisotopic (exact) mass is 319 g/mol. The third-order valence-corrected chi connectivity index (χ3v) is 4.35. The summed E-state index contributed by atoms with van der Waals surface area (Å²) in [7, 11) is 0. The average molecular weight is 321 g/mol. The molecule has 0 atom stereocenters. The van der Waals surface area contributed by atoms with Gasteiger partial charge in [0, 0.05) is 22.6 Å². The Bertz CT molecular complexity index is 431. The van der Waals surface area contributed by atoms with E-state index in [0.29, 0.717) is 10.7 Å². The first-order valence-electron chi connectivity index (χ1n) is 5.63. The van der Waals surface area contributed by atoms with Gasteiger partial charge in [-0.1, -0.05) is 11.6 Å². The SMILES string of the molecule is Fc1cc(Cl)cc(Br)c1N1CCC2(CC1)CO2. The zero-order valence-electron chi connectivity index (χ0n) is 9.18. The number of nitrogens with zero attached hydrogens (tertiary/aromatic N) is 1. The van der Waals surface area contributed by atoms with Crippen LogP contribution >= 0.6 is 27.5 Å². The Kier molecular flexibility index (Phi) is 2.84. The number of ether oxygens (including phenoxy) is 1. The summed E-state index contributed by atoms with van der Waals surface area (Å²) in [6.07, 6.45) is 1.95. The Hall–Kier alpha value is -0.320. The van der Waals surface area contributed by atoms with Gasteiger partial charge in [-0.2, -0.15) is 0 Å². The summed E-state index contributed by atoms with van der Waals surface area (Å²) in [6.45, 7) is 2.53. The quantitative estimate of drug-likeness (QED) is 0.735. The van der Waals surface area contributed by atoms with Crippen LogP contribution in [0.3, 0.4) is 0 Å². The highest BCUT2D eigenvalue weighted by Crippen LogP contribution is 2.41. The zero-order valence-corrected chi connectivity index (χ0v) is 11.5. The lowest BCUT2D eigenvalue weighted by Crippen LogP contribution is -2.38. The highest BCUT2D eigenvalue weighted by Gasteiger charge is 2.46. The molecule has 5 heteroatoms. The van der Waals surface area contributed by atoms with Crippen LogP contribution in [0.25, 0.3) is 0 Å². The third kappa shape index (κ3) is 2.18. The van der Waals surface area contributed by atoms with Gasteiger partial charge in [-0.3, -0.25) is 0 Å². The van der Waals surface area contributed by atoms with E-state index in [1.165, 1.54) is 6.07 Å². The predicted octanol–water partition coefficient (Wildman–Crippen LogP) is 3.61. The summed E-state index contributed by atoms with van der Waals surface area (Å²) >= 11 is 9.19. The molecule has 2 aliphatic rings. The van der Waals surface area contributed by atoms with Gasteiger partial charge >= 0.3 is 0 Å². The molecule has 1 aromatic carbocycles. The van der Waals surface area contributed by atoms with Crippen LogP contribution in [0, 0.1) is 5.82 Å². The van der Waals surface area contributed by atoms with Crippen molar-refractivity contribution in [2.75, 3.05) is 24.6 Å². The number of hydrogen-bond acceptors (Lipinski definition) is 2. The molecule has 2 saturated heterocycles. The average Bonchev–Trinajstić information content (AvgIpc) is 3.00. The summed E-state index contributed by atoms with van der Waals surface area (Å²) in [6, 6.07) is 3.09. The zero-order chi connectivity index (χ0) is 12.0. The number of halogens is 3. The maximum atomic E-state index is 13.9. The lowest BCUT2D eigenvalue weighted by molar-refractivity contribution is 0.258. The lowest BCUT2D eigenvalue weighted by atomic mass is 9.97. The Labute approximate surface area is 113 Å². The summed E-state index contributed by atoms with van der Waals surface area (Å²) in [5, 5.41) is 0.414. The molecule has 3 rings (SSSR count). The van der Waals surface area contributed by atoms with Crippen molar-refractivity contribution in [3.8, 4) is 0 Å². The van der Waals surface area contributed by atoms with Gasteiger partial charge < -0.3 is 9.64 Å². The van der Waals surface area contributed by atoms with Gasteiger partial charge in [0.05, 0.1) is 17.9 Å². The standard InChI is InChI=1S/C12H12BrClFNO/c13-9-5-8(14)6-10(15)11(9)16-3-1-12(2-4-16)7-17-12/h5-6H,1-4,7H2. The second-order valence-corrected chi connectivity index (χ2v) is 5.97. The molecular formula is C12H12BrClFNO. The molecule has 0 aliphatic carbocycles. The van der Waals surface area contributed by atoms with E-state index in [-0.39, 0.29) is 11.4 Å². The molecule has 1 aromatic rings. The van der Waals surface area contributed by atoms with Gasteiger partial charge in [-0.05, 0) is 40.9 Å². The van der Waals surface area contributed by atoms with Crippen molar-refractivity contribution < 1.29 is 9.13 Å². The van der Waals surface area contributed by atoms with Gasteiger partial charge in [0.25, 0.3) is 0 Å². The summed E-state index contributed by atoms with van der Waals surface area (Å²) < 4.78 is 20.1. The molecule has 0 N–H and O–H groups in total. The number of piperidine rings is 1. The van der Waals surface area contributed by atoms with E-state index in [4.69, 9.17) is 16.3 Å². The first-order valence-corrected chi connectivity index (χ1v) is 6.80. The van der Waals surface area contributed by atoms with Crippen molar-refractivity contribution in [1.82, 2.24) is 0 Å². The second-order valence-electron chi connectivity index (χ2n) is 4.68. The van der Waals surface area contributed by atoms with Crippen molar-refractivity contribution in [2.45, 2.75) is 18.4 Å². The van der Waals surface area contributed by atoms with Gasteiger partial charge in [-0.25, -0.2) is 4.39 Å². The van der Waals surface area contributed by atoms with Crippen molar-refractivity contribution in [3.05, 3.63) is 27.4 Å². The fourth-order valence-electron chi connectivity index (χ4n) is 2.37. The van der Waals surface area contributed by atoms with Crippen molar-refractivity contribution >= 4 is 33.2 Å². The third-order valence-electron chi connectivity index (χ3n) is 3.53. The molecule has 1 spiro atoms. The molecule has 2 aliphatic heterocycles. The molecule has 0 bridgehead atoms. The van der Waals surface area contributed by atoms with E-state index in [9.17, 15) is 4.39 Å². The minimum absolute atomic E-state index is 0.117. The molecule has 2 nitrogen and oxygen atoms in total. The molecule has 17 heavy (non-hydrogen) atoms. The van der Waals surface area contributed by atoms with Gasteiger partial charge in [-0.15, -0.1) is 0 Å². The van der Waals surface area contributed by atoms with Gasteiger partial charge in [0.2, 0.25) is 0 Å². The van der Waals surface area contributed by atoms with Crippen molar-refractivity contribution in [3.63, 3.8) is 0 Å². The largest absolute Gasteiger partial charge is 0.369 e. The second kappa shape index (κ2) is 4.11. The molecule has 0 saturated carbocycles. The molecule has 92 valence electrons. The number of benzene rings is 1. The molecule has 0 amide bonds. The summed E-state index contributed by atoms with van der Waals surface area (Å²) in [5.74, 6) is -0.267. The summed E-state index contributed by atoms with van der Waals surface area (Å²) in [5.41, 5.74) is 0.733.